The molecule has 31 heavy (non-hydrogen) atoms. The van der Waals surface area contributed by atoms with Crippen molar-refractivity contribution in [2.75, 3.05) is 0 Å². The molecule has 0 saturated heterocycles. The highest BCUT2D eigenvalue weighted by Gasteiger charge is 2.65. The molecule has 0 bridgehead atoms. The fraction of sp³-hybridized carbons (Fsp3) is 0.889. The van der Waals surface area contributed by atoms with Crippen LogP contribution in [0.4, 0.5) is 0 Å². The molecule has 0 aliphatic heterocycles. The highest BCUT2D eigenvalue weighted by atomic mass is 16.5. The van der Waals surface area contributed by atoms with Crippen molar-refractivity contribution in [1.82, 2.24) is 0 Å². The molecule has 4 fully saturated rings. The first-order valence-corrected chi connectivity index (χ1v) is 12.7. The molecule has 4 saturated carbocycles. The molecule has 4 rings (SSSR count). The molecule has 0 aromatic carbocycles. The van der Waals surface area contributed by atoms with Crippen LogP contribution in [-0.2, 0) is 14.3 Å². The van der Waals surface area contributed by atoms with E-state index in [0.29, 0.717) is 41.8 Å². The van der Waals surface area contributed by atoms with Crippen LogP contribution in [-0.4, -0.2) is 17.9 Å². The smallest absolute Gasteiger partial charge is 0.302 e. The quantitative estimate of drug-likeness (QED) is 0.521. The highest BCUT2D eigenvalue weighted by molar-refractivity contribution is 5.86. The highest BCUT2D eigenvalue weighted by Crippen LogP contribution is 2.68. The Bertz CT molecular complexity index is 771. The van der Waals surface area contributed by atoms with E-state index in [9.17, 15) is 14.9 Å². The summed E-state index contributed by atoms with van der Waals surface area (Å²) in [5.41, 5.74) is 0.372. The number of rotatable bonds is 4. The predicted molar refractivity (Wildman–Crippen MR) is 120 cm³/mol. The van der Waals surface area contributed by atoms with E-state index < -0.39 is 0 Å². The molecule has 4 nitrogen and oxygen atoms in total. The van der Waals surface area contributed by atoms with E-state index >= 15 is 0 Å². The summed E-state index contributed by atoms with van der Waals surface area (Å²) in [5.74, 6) is 2.87. The van der Waals surface area contributed by atoms with E-state index in [0.717, 1.165) is 38.5 Å². The Labute approximate surface area is 188 Å². The molecule has 3 unspecified atom stereocenters. The van der Waals surface area contributed by atoms with Gasteiger partial charge in [0.2, 0.25) is 0 Å². The first kappa shape index (κ1) is 22.8. The Hall–Kier alpha value is -1.37. The van der Waals surface area contributed by atoms with Crippen LogP contribution >= 0.6 is 0 Å². The zero-order valence-electron chi connectivity index (χ0n) is 20.2. The number of carbonyl (C=O) groups excluding carboxylic acids is 2. The first-order chi connectivity index (χ1) is 14.7. The van der Waals surface area contributed by atoms with Gasteiger partial charge in [-0.1, -0.05) is 27.7 Å². The minimum atomic E-state index is -0.196. The van der Waals surface area contributed by atoms with Crippen molar-refractivity contribution in [3.05, 3.63) is 0 Å². The standard InChI is InChI=1S/C27H41NO3/c1-6-19-23-15-18(31-17(3)29)9-12-27(23,5)22-10-13-26(4)20(16(2)11-14-28)7-8-21(26)24(22)25(19)30/h16,18-24H,6-13,15H2,1-5H3/t16-,18-,19-,20-,21?,22?,23+,24?,26-,27-/m1/s1. The van der Waals surface area contributed by atoms with E-state index in [1.54, 1.807) is 0 Å². The molecule has 0 radical (unpaired) electrons. The lowest BCUT2D eigenvalue weighted by Crippen LogP contribution is -2.60. The third-order valence-electron chi connectivity index (χ3n) is 10.6. The largest absolute Gasteiger partial charge is 0.463 e. The van der Waals surface area contributed by atoms with Gasteiger partial charge in [0.15, 0.2) is 0 Å². The van der Waals surface area contributed by atoms with Gasteiger partial charge < -0.3 is 4.74 Å². The minimum Gasteiger partial charge on any atom is -0.463 e. The third-order valence-corrected chi connectivity index (χ3v) is 10.6. The van der Waals surface area contributed by atoms with Crippen molar-refractivity contribution >= 4 is 11.8 Å². The summed E-state index contributed by atoms with van der Waals surface area (Å²) < 4.78 is 5.62. The van der Waals surface area contributed by atoms with Crippen molar-refractivity contribution in [1.29, 1.82) is 5.26 Å². The Balaban J connectivity index is 1.64. The van der Waals surface area contributed by atoms with Crippen LogP contribution in [0.15, 0.2) is 0 Å². The van der Waals surface area contributed by atoms with Gasteiger partial charge in [-0.3, -0.25) is 9.59 Å². The van der Waals surface area contributed by atoms with Gasteiger partial charge in [-0.15, -0.1) is 0 Å². The van der Waals surface area contributed by atoms with E-state index in [-0.39, 0.29) is 34.7 Å². The van der Waals surface area contributed by atoms with Crippen molar-refractivity contribution in [2.45, 2.75) is 98.5 Å². The maximum absolute atomic E-state index is 14.0. The van der Waals surface area contributed by atoms with Crippen LogP contribution < -0.4 is 0 Å². The van der Waals surface area contributed by atoms with E-state index in [1.165, 1.54) is 19.8 Å². The molecule has 0 spiro atoms. The van der Waals surface area contributed by atoms with Crippen LogP contribution in [0, 0.1) is 63.6 Å². The fourth-order valence-electron chi connectivity index (χ4n) is 9.22. The topological polar surface area (TPSA) is 67.2 Å². The summed E-state index contributed by atoms with van der Waals surface area (Å²) in [6.07, 6.45) is 9.01. The normalized spacial score (nSPS) is 47.5. The predicted octanol–water partition coefficient (Wildman–Crippen LogP) is 5.94. The van der Waals surface area contributed by atoms with Gasteiger partial charge >= 0.3 is 5.97 Å². The van der Waals surface area contributed by atoms with E-state index in [1.807, 2.05) is 0 Å². The first-order valence-electron chi connectivity index (χ1n) is 12.7. The zero-order chi connectivity index (χ0) is 22.6. The van der Waals surface area contributed by atoms with Gasteiger partial charge in [-0.05, 0) is 91.8 Å². The third kappa shape index (κ3) is 3.46. The van der Waals surface area contributed by atoms with E-state index in [2.05, 4.69) is 33.8 Å². The molecule has 4 heteroatoms. The molecular formula is C27H41NO3. The number of hydrogen-bond donors (Lipinski definition) is 0. The van der Waals surface area contributed by atoms with Gasteiger partial charge in [0.1, 0.15) is 11.9 Å². The monoisotopic (exact) mass is 427 g/mol. The lowest BCUT2D eigenvalue weighted by Gasteiger charge is -2.62. The minimum absolute atomic E-state index is 0.0227. The Morgan fingerprint density at radius 1 is 1.13 bits per heavy atom. The summed E-state index contributed by atoms with van der Waals surface area (Å²) in [7, 11) is 0. The summed E-state index contributed by atoms with van der Waals surface area (Å²) in [6.45, 7) is 10.8. The van der Waals surface area contributed by atoms with Gasteiger partial charge in [-0.2, -0.15) is 5.26 Å². The zero-order valence-corrected chi connectivity index (χ0v) is 20.2. The molecule has 0 amide bonds. The Morgan fingerprint density at radius 3 is 2.45 bits per heavy atom. The number of Topliss-reactive ketones (excluding diaryl/α,β-unsaturated/α-hetero) is 1. The number of hydrogen-bond acceptors (Lipinski definition) is 4. The van der Waals surface area contributed by atoms with Crippen molar-refractivity contribution < 1.29 is 14.3 Å². The number of nitrogens with zero attached hydrogens (tertiary/aromatic N) is 1. The molecule has 4 aliphatic rings. The van der Waals surface area contributed by atoms with Crippen LogP contribution in [0.1, 0.15) is 92.4 Å². The van der Waals surface area contributed by atoms with Gasteiger partial charge in [-0.25, -0.2) is 0 Å². The van der Waals surface area contributed by atoms with Gasteiger partial charge in [0.05, 0.1) is 6.07 Å². The summed E-state index contributed by atoms with van der Waals surface area (Å²) in [4.78, 5) is 25.6. The van der Waals surface area contributed by atoms with Crippen LogP contribution in [0.2, 0.25) is 0 Å². The summed E-state index contributed by atoms with van der Waals surface area (Å²) in [5, 5.41) is 9.28. The van der Waals surface area contributed by atoms with Gasteiger partial charge in [0, 0.05) is 25.2 Å². The molecule has 4 aliphatic carbocycles. The van der Waals surface area contributed by atoms with E-state index in [4.69, 9.17) is 4.74 Å². The molecular weight excluding hydrogens is 386 g/mol. The lowest BCUT2D eigenvalue weighted by atomic mass is 9.42. The number of carbonyl (C=O) groups is 2. The second-order valence-electron chi connectivity index (χ2n) is 11.8. The fourth-order valence-corrected chi connectivity index (χ4v) is 9.22. The molecule has 172 valence electrons. The molecule has 0 heterocycles. The number of nitriles is 1. The molecule has 0 aromatic heterocycles. The number of ether oxygens (including phenoxy) is 1. The van der Waals surface area contributed by atoms with Crippen molar-refractivity contribution in [3.8, 4) is 6.07 Å². The van der Waals surface area contributed by atoms with Crippen LogP contribution in [0.25, 0.3) is 0 Å². The second-order valence-corrected chi connectivity index (χ2v) is 11.8. The van der Waals surface area contributed by atoms with Crippen molar-refractivity contribution in [2.24, 2.45) is 52.3 Å². The molecule has 0 aromatic rings. The average Bonchev–Trinajstić information content (AvgIpc) is 3.06. The van der Waals surface area contributed by atoms with Crippen LogP contribution in [0.5, 0.6) is 0 Å². The van der Waals surface area contributed by atoms with Crippen LogP contribution in [0.3, 0.4) is 0 Å². The molecule has 0 N–H and O–H groups in total. The number of ketones is 1. The SMILES string of the molecule is CC[C@H]1C(=O)C2C3CC[C@H]([C@H](C)CC#N)[C@@]3(C)CCC2[C@@]2(C)CC[C@@H](OC(C)=O)C[C@@H]12. The lowest BCUT2D eigenvalue weighted by molar-refractivity contribution is -0.178. The maximum atomic E-state index is 14.0. The summed E-state index contributed by atoms with van der Waals surface area (Å²) >= 11 is 0. The van der Waals surface area contributed by atoms with Gasteiger partial charge in [0.25, 0.3) is 0 Å². The Morgan fingerprint density at radius 2 is 1.81 bits per heavy atom. The average molecular weight is 428 g/mol. The molecule has 10 atom stereocenters. The number of esters is 1. The number of fused-ring (bicyclic) bond motifs is 5. The Kier molecular flexibility index (Phi) is 6.03. The second kappa shape index (κ2) is 8.20. The summed E-state index contributed by atoms with van der Waals surface area (Å²) in [6, 6.07) is 2.40. The van der Waals surface area contributed by atoms with Crippen molar-refractivity contribution in [3.63, 3.8) is 0 Å². The maximum Gasteiger partial charge on any atom is 0.302 e.